The van der Waals surface area contributed by atoms with E-state index in [0.29, 0.717) is 12.6 Å². The molecule has 0 spiro atoms. The normalized spacial score (nSPS) is 12.5. The molecule has 1 aromatic rings. The smallest absolute Gasteiger partial charge is 0.0407 e. The number of nitrogens with two attached hydrogens (primary N) is 1. The van der Waals surface area contributed by atoms with E-state index in [-0.39, 0.29) is 0 Å². The molecule has 0 aliphatic carbocycles. The quantitative estimate of drug-likeness (QED) is 0.782. The second kappa shape index (κ2) is 6.70. The Labute approximate surface area is 96.8 Å². The lowest BCUT2D eigenvalue weighted by Crippen LogP contribution is -2.28. The van der Waals surface area contributed by atoms with Gasteiger partial charge in [0.15, 0.2) is 0 Å². The molecule has 3 heteroatoms. The molecular weight excluding hydrogens is 208 g/mol. The first kappa shape index (κ1) is 12.3. The molecule has 0 saturated heterocycles. The number of benzene rings is 1. The van der Waals surface area contributed by atoms with Crippen LogP contribution in [0.15, 0.2) is 24.3 Å². The molecule has 0 fully saturated rings. The lowest BCUT2D eigenvalue weighted by Gasteiger charge is -2.17. The summed E-state index contributed by atoms with van der Waals surface area (Å²) in [4.78, 5) is 0. The SMILES string of the molecule is CCCCC(CN)Nc1ccc(Cl)cc1. The zero-order valence-corrected chi connectivity index (χ0v) is 9.93. The van der Waals surface area contributed by atoms with E-state index >= 15 is 0 Å². The molecule has 0 heterocycles. The second-order valence-electron chi connectivity index (χ2n) is 3.73. The van der Waals surface area contributed by atoms with E-state index in [1.54, 1.807) is 0 Å². The van der Waals surface area contributed by atoms with Crippen LogP contribution in [0, 0.1) is 0 Å². The first-order valence-corrected chi connectivity index (χ1v) is 5.86. The molecule has 0 bridgehead atoms. The van der Waals surface area contributed by atoms with Crippen molar-refractivity contribution in [1.29, 1.82) is 0 Å². The van der Waals surface area contributed by atoms with Gasteiger partial charge in [-0.05, 0) is 30.7 Å². The Bertz CT molecular complexity index is 271. The van der Waals surface area contributed by atoms with Crippen LogP contribution in [0.5, 0.6) is 0 Å². The minimum Gasteiger partial charge on any atom is -0.381 e. The van der Waals surface area contributed by atoms with Gasteiger partial charge in [0.05, 0.1) is 0 Å². The molecule has 0 aliphatic heterocycles. The zero-order chi connectivity index (χ0) is 11.1. The van der Waals surface area contributed by atoms with Gasteiger partial charge >= 0.3 is 0 Å². The highest BCUT2D eigenvalue weighted by Gasteiger charge is 2.04. The lowest BCUT2D eigenvalue weighted by molar-refractivity contribution is 0.614. The summed E-state index contributed by atoms with van der Waals surface area (Å²) in [5, 5.41) is 4.17. The van der Waals surface area contributed by atoms with Crippen molar-refractivity contribution >= 4 is 17.3 Å². The molecule has 1 aromatic carbocycles. The third kappa shape index (κ3) is 4.54. The number of rotatable bonds is 6. The van der Waals surface area contributed by atoms with Gasteiger partial charge in [0.2, 0.25) is 0 Å². The fourth-order valence-electron chi connectivity index (χ4n) is 1.48. The van der Waals surface area contributed by atoms with Crippen molar-refractivity contribution in [3.05, 3.63) is 29.3 Å². The Hall–Kier alpha value is -0.730. The number of halogens is 1. The Balaban J connectivity index is 2.47. The fraction of sp³-hybridized carbons (Fsp3) is 0.500. The summed E-state index contributed by atoms with van der Waals surface area (Å²) >= 11 is 5.81. The summed E-state index contributed by atoms with van der Waals surface area (Å²) in [7, 11) is 0. The molecule has 0 radical (unpaired) electrons. The van der Waals surface area contributed by atoms with Gasteiger partial charge < -0.3 is 11.1 Å². The topological polar surface area (TPSA) is 38.0 Å². The van der Waals surface area contributed by atoms with Crippen molar-refractivity contribution in [2.75, 3.05) is 11.9 Å². The maximum absolute atomic E-state index is 5.81. The average Bonchev–Trinajstić information content (AvgIpc) is 2.27. The third-order valence-electron chi connectivity index (χ3n) is 2.41. The van der Waals surface area contributed by atoms with Crippen molar-refractivity contribution < 1.29 is 0 Å². The Morgan fingerprint density at radius 1 is 1.33 bits per heavy atom. The van der Waals surface area contributed by atoms with Crippen LogP contribution in [-0.2, 0) is 0 Å². The second-order valence-corrected chi connectivity index (χ2v) is 4.16. The van der Waals surface area contributed by atoms with Gasteiger partial charge in [-0.15, -0.1) is 0 Å². The van der Waals surface area contributed by atoms with Gasteiger partial charge in [0.1, 0.15) is 0 Å². The van der Waals surface area contributed by atoms with Crippen molar-refractivity contribution in [3.63, 3.8) is 0 Å². The van der Waals surface area contributed by atoms with Gasteiger partial charge in [-0.25, -0.2) is 0 Å². The summed E-state index contributed by atoms with van der Waals surface area (Å²) in [6.45, 7) is 2.86. The Morgan fingerprint density at radius 3 is 2.53 bits per heavy atom. The van der Waals surface area contributed by atoms with Gasteiger partial charge in [0, 0.05) is 23.3 Å². The number of nitrogens with one attached hydrogen (secondary N) is 1. The van der Waals surface area contributed by atoms with E-state index in [2.05, 4.69) is 12.2 Å². The highest BCUT2D eigenvalue weighted by atomic mass is 35.5. The van der Waals surface area contributed by atoms with E-state index in [1.165, 1.54) is 12.8 Å². The zero-order valence-electron chi connectivity index (χ0n) is 9.17. The van der Waals surface area contributed by atoms with Gasteiger partial charge in [-0.2, -0.15) is 0 Å². The monoisotopic (exact) mass is 226 g/mol. The summed E-state index contributed by atoms with van der Waals surface area (Å²) in [5.74, 6) is 0. The van der Waals surface area contributed by atoms with Crippen LogP contribution in [0.1, 0.15) is 26.2 Å². The number of hydrogen-bond acceptors (Lipinski definition) is 2. The number of hydrogen-bond donors (Lipinski definition) is 2. The molecule has 0 aliphatic rings. The minimum absolute atomic E-state index is 0.367. The van der Waals surface area contributed by atoms with Crippen LogP contribution >= 0.6 is 11.6 Å². The minimum atomic E-state index is 0.367. The molecular formula is C12H19ClN2. The van der Waals surface area contributed by atoms with Crippen molar-refractivity contribution in [2.45, 2.75) is 32.2 Å². The lowest BCUT2D eigenvalue weighted by atomic mass is 10.1. The summed E-state index contributed by atoms with van der Waals surface area (Å²) in [5.41, 5.74) is 6.79. The van der Waals surface area contributed by atoms with Crippen LogP contribution in [0.25, 0.3) is 0 Å². The number of unbranched alkanes of at least 4 members (excludes halogenated alkanes) is 1. The molecule has 0 saturated carbocycles. The fourth-order valence-corrected chi connectivity index (χ4v) is 1.61. The molecule has 84 valence electrons. The van der Waals surface area contributed by atoms with Gasteiger partial charge in [0.25, 0.3) is 0 Å². The van der Waals surface area contributed by atoms with Gasteiger partial charge in [-0.3, -0.25) is 0 Å². The Morgan fingerprint density at radius 2 is 2.00 bits per heavy atom. The van der Waals surface area contributed by atoms with Crippen molar-refractivity contribution in [1.82, 2.24) is 0 Å². The molecule has 1 rings (SSSR count). The number of anilines is 1. The molecule has 1 unspecified atom stereocenters. The van der Waals surface area contributed by atoms with E-state index in [4.69, 9.17) is 17.3 Å². The first-order chi connectivity index (χ1) is 7.26. The molecule has 3 N–H and O–H groups in total. The molecule has 0 aromatic heterocycles. The maximum Gasteiger partial charge on any atom is 0.0407 e. The molecule has 15 heavy (non-hydrogen) atoms. The predicted molar refractivity (Wildman–Crippen MR) is 67.4 cm³/mol. The van der Waals surface area contributed by atoms with Crippen LogP contribution in [-0.4, -0.2) is 12.6 Å². The van der Waals surface area contributed by atoms with Crippen LogP contribution in [0.3, 0.4) is 0 Å². The summed E-state index contributed by atoms with van der Waals surface area (Å²) in [6.07, 6.45) is 3.54. The van der Waals surface area contributed by atoms with Crippen LogP contribution in [0.2, 0.25) is 5.02 Å². The third-order valence-corrected chi connectivity index (χ3v) is 2.66. The highest BCUT2D eigenvalue weighted by molar-refractivity contribution is 6.30. The van der Waals surface area contributed by atoms with Gasteiger partial charge in [-0.1, -0.05) is 31.4 Å². The summed E-state index contributed by atoms with van der Waals surface area (Å²) in [6, 6.07) is 8.11. The average molecular weight is 227 g/mol. The Kier molecular flexibility index (Phi) is 5.51. The van der Waals surface area contributed by atoms with E-state index in [9.17, 15) is 0 Å². The molecule has 2 nitrogen and oxygen atoms in total. The maximum atomic E-state index is 5.81. The largest absolute Gasteiger partial charge is 0.381 e. The van der Waals surface area contributed by atoms with E-state index in [0.717, 1.165) is 17.1 Å². The van der Waals surface area contributed by atoms with Crippen LogP contribution in [0.4, 0.5) is 5.69 Å². The molecule has 0 amide bonds. The molecule has 1 atom stereocenters. The summed E-state index contributed by atoms with van der Waals surface area (Å²) < 4.78 is 0. The standard InChI is InChI=1S/C12H19ClN2/c1-2-3-4-12(9-14)15-11-7-5-10(13)6-8-11/h5-8,12,15H,2-4,9,14H2,1H3. The van der Waals surface area contributed by atoms with E-state index in [1.807, 2.05) is 24.3 Å². The van der Waals surface area contributed by atoms with Crippen molar-refractivity contribution in [3.8, 4) is 0 Å². The highest BCUT2D eigenvalue weighted by Crippen LogP contribution is 2.15. The van der Waals surface area contributed by atoms with Crippen LogP contribution < -0.4 is 11.1 Å². The van der Waals surface area contributed by atoms with E-state index < -0.39 is 0 Å². The predicted octanol–water partition coefficient (Wildman–Crippen LogP) is 3.27. The first-order valence-electron chi connectivity index (χ1n) is 5.48. The van der Waals surface area contributed by atoms with Crippen molar-refractivity contribution in [2.24, 2.45) is 5.73 Å².